The number of amides is 8. The minimum atomic E-state index is -0.686. The third-order valence-electron chi connectivity index (χ3n) is 19.1. The van der Waals surface area contributed by atoms with Crippen LogP contribution in [0.4, 0.5) is 26.7 Å². The van der Waals surface area contributed by atoms with E-state index < -0.39 is 59.2 Å². The summed E-state index contributed by atoms with van der Waals surface area (Å²) in [7, 11) is 7.36. The molecule has 110 heavy (non-hydrogen) atoms. The fourth-order valence-electron chi connectivity index (χ4n) is 13.6. The first-order valence-corrected chi connectivity index (χ1v) is 37.6. The number of aryl methyl sites for hydroxylation is 3. The number of carbonyl (C=O) groups excluding carboxylic acids is 9. The Balaban J connectivity index is 0.000000192. The van der Waals surface area contributed by atoms with Gasteiger partial charge in [0.2, 0.25) is 35.4 Å². The van der Waals surface area contributed by atoms with Gasteiger partial charge in [-0.15, -0.1) is 0 Å². The largest absolute Gasteiger partial charge is 0.444 e. The molecule has 0 radical (unpaired) electrons. The van der Waals surface area contributed by atoms with E-state index >= 15 is 0 Å². The van der Waals surface area contributed by atoms with Crippen molar-refractivity contribution >= 4 is 113 Å². The van der Waals surface area contributed by atoms with Crippen LogP contribution in [0, 0.1) is 5.16 Å². The molecular weight excluding hydrogens is 1450 g/mol. The summed E-state index contributed by atoms with van der Waals surface area (Å²) in [6.07, 6.45) is 1.44. The maximum absolute atomic E-state index is 13.0. The van der Waals surface area contributed by atoms with E-state index in [9.17, 15) is 57.5 Å². The molecule has 0 spiro atoms. The van der Waals surface area contributed by atoms with E-state index in [4.69, 9.17) is 34.6 Å². The van der Waals surface area contributed by atoms with Crippen LogP contribution >= 0.6 is 9.03 Å². The summed E-state index contributed by atoms with van der Waals surface area (Å²) in [6, 6.07) is 15.7. The van der Waals surface area contributed by atoms with E-state index in [0.717, 1.165) is 131 Å². The second kappa shape index (κ2) is 40.3. The van der Waals surface area contributed by atoms with Crippen LogP contribution in [0.25, 0.3) is 33.1 Å². The molecule has 12 rings (SSSR count). The lowest BCUT2D eigenvalue weighted by atomic mass is 10.1. The van der Waals surface area contributed by atoms with Crippen molar-refractivity contribution in [2.75, 3.05) is 166 Å². The van der Waals surface area contributed by atoms with Crippen molar-refractivity contribution in [3.8, 4) is 0 Å². The first kappa shape index (κ1) is 85.9. The number of benzene rings is 3. The minimum absolute atomic E-state index is 0.0516. The van der Waals surface area contributed by atoms with Gasteiger partial charge in [-0.3, -0.25) is 87.1 Å². The first-order valence-electron chi connectivity index (χ1n) is 37.1. The van der Waals surface area contributed by atoms with Crippen LogP contribution in [0.1, 0.15) is 98.2 Å². The van der Waals surface area contributed by atoms with Crippen LogP contribution in [0.15, 0.2) is 69.0 Å². The number of imide groups is 3. The van der Waals surface area contributed by atoms with E-state index in [1.165, 1.54) is 13.7 Å². The number of piperazine rings is 3. The van der Waals surface area contributed by atoms with Gasteiger partial charge < -0.3 is 64.9 Å². The number of nitrogens with one attached hydrogen (secondary N) is 7. The predicted molar refractivity (Wildman–Crippen MR) is 415 cm³/mol. The molecule has 9 N–H and O–H groups in total. The van der Waals surface area contributed by atoms with Crippen molar-refractivity contribution in [1.29, 1.82) is 5.16 Å². The van der Waals surface area contributed by atoms with E-state index in [-0.39, 0.29) is 60.7 Å². The van der Waals surface area contributed by atoms with Gasteiger partial charge in [0, 0.05) is 169 Å². The lowest BCUT2D eigenvalue weighted by Gasteiger charge is -2.36. The number of carbonyl (C=O) groups is 9. The second-order valence-corrected chi connectivity index (χ2v) is 29.1. The van der Waals surface area contributed by atoms with Gasteiger partial charge in [0.1, 0.15) is 42.2 Å². The molecule has 6 aliphatic rings. The SMILES string of the molecule is CC(C)(C)OC(=O)NCCOCC=O.Cn1c(=O)n(C2CCC(=O)NC2=O)c2ccc(N3CCN(CCOCCN)CC3)cc21.Cn1c(=O)n(C2CCC(=O)NC2=O)c2ccc(N3CCN(CCOCCNC(=O)OC(C)(C)C)CC3)cc21.Cn1c(=O)n(C2CCC(=O)NC2=O)c2ccc(N3CCNCC3)cc21.N=P. The number of ether oxygens (including phenoxy) is 5. The average Bonchev–Trinajstić information content (AvgIpc) is 1.62. The quantitative estimate of drug-likeness (QED) is 0.0208. The fourth-order valence-corrected chi connectivity index (χ4v) is 13.6. The number of imidazole rings is 3. The standard InChI is InChI=1S/C26H38N6O6.C21H30N6O4.C17H21N5O3.C9H17NO4.H2NP/c1-26(2,3)38-24(35)27-9-15-37-16-14-30-10-12-31(13-11-30)18-5-6-19-21(17-18)29(4)25(36)32(19)20-7-8-22(33)28-23(20)34;1-24-18-14-15(26-9-7-25(8-10-26)11-13-31-12-6-22)2-3-16(18)27(21(24)30)17-4-5-19(28)23-20(17)29;1-20-14-10-11(21-8-6-18-7-9-21)2-3-12(14)22(17(20)25)13-4-5-15(23)19-16(13)24;1-9(2,3)14-8(12)10-4-6-13-7-5-11;1-2/h5-6,17,20H,7-16H2,1-4H3,(H,27,35)(H,28,33,34);2-3,14,17H,4-13,22H2,1H3,(H,23,28,29);2-3,10,13,18H,4-9H2,1H3,(H,19,23,24);5H,4,6-7H2,1-3H3,(H,10,12);1-2H. The number of hydrogen-bond acceptors (Lipinski definition) is 25. The second-order valence-electron chi connectivity index (χ2n) is 29.1. The smallest absolute Gasteiger partial charge is 0.407 e. The molecule has 0 aliphatic carbocycles. The summed E-state index contributed by atoms with van der Waals surface area (Å²) >= 11 is 0. The van der Waals surface area contributed by atoms with E-state index in [1.807, 2.05) is 75.4 Å². The number of anilines is 3. The van der Waals surface area contributed by atoms with Crippen LogP contribution < -0.4 is 69.4 Å². The molecule has 6 saturated heterocycles. The molecule has 9 heterocycles. The van der Waals surface area contributed by atoms with Gasteiger partial charge in [-0.25, -0.2) is 24.0 Å². The molecule has 6 aliphatic heterocycles. The van der Waals surface area contributed by atoms with Crippen molar-refractivity contribution < 1.29 is 66.8 Å². The maximum atomic E-state index is 13.0. The lowest BCUT2D eigenvalue weighted by molar-refractivity contribution is -0.137. The molecule has 6 aromatic rings. The lowest BCUT2D eigenvalue weighted by Crippen LogP contribution is -2.47. The van der Waals surface area contributed by atoms with Gasteiger partial charge in [0.05, 0.1) is 66.1 Å². The van der Waals surface area contributed by atoms with Crippen molar-refractivity contribution in [3.63, 3.8) is 0 Å². The Kier molecular flexibility index (Phi) is 31.5. The Hall–Kier alpha value is -9.68. The molecule has 6 fully saturated rings. The number of fused-ring (bicyclic) bond motifs is 3. The first-order chi connectivity index (χ1) is 52.5. The highest BCUT2D eigenvalue weighted by Gasteiger charge is 2.35. The van der Waals surface area contributed by atoms with Gasteiger partial charge in [0.25, 0.3) is 0 Å². The van der Waals surface area contributed by atoms with Crippen LogP contribution in [0.2, 0.25) is 0 Å². The van der Waals surface area contributed by atoms with Crippen molar-refractivity contribution in [2.24, 2.45) is 26.9 Å². The number of rotatable bonds is 22. The van der Waals surface area contributed by atoms with Crippen LogP contribution in [0.3, 0.4) is 0 Å². The molecule has 3 unspecified atom stereocenters. The predicted octanol–water partition coefficient (Wildman–Crippen LogP) is 1.74. The summed E-state index contributed by atoms with van der Waals surface area (Å²) in [5, 5.41) is 21.1. The molecule has 602 valence electrons. The third kappa shape index (κ3) is 23.2. The zero-order chi connectivity index (χ0) is 80.0. The molecule has 8 amide bonds. The molecule has 0 bridgehead atoms. The van der Waals surface area contributed by atoms with Crippen molar-refractivity contribution in [2.45, 2.75) is 109 Å². The Labute approximate surface area is 639 Å². The van der Waals surface area contributed by atoms with E-state index in [2.05, 4.69) is 65.4 Å². The van der Waals surface area contributed by atoms with E-state index in [0.29, 0.717) is 89.3 Å². The average molecular weight is 1550 g/mol. The number of aldehydes is 1. The number of piperidine rings is 3. The van der Waals surface area contributed by atoms with Crippen molar-refractivity contribution in [1.82, 2.24) is 69.1 Å². The van der Waals surface area contributed by atoms with Gasteiger partial charge in [0.15, 0.2) is 0 Å². The third-order valence-corrected chi connectivity index (χ3v) is 19.1. The summed E-state index contributed by atoms with van der Waals surface area (Å²) in [5.41, 5.74) is 11.3. The van der Waals surface area contributed by atoms with Gasteiger partial charge >= 0.3 is 29.3 Å². The number of alkyl carbamates (subject to hydrolysis) is 2. The van der Waals surface area contributed by atoms with E-state index in [1.54, 1.807) is 55.6 Å². The normalized spacial score (nSPS) is 18.7. The monoisotopic (exact) mass is 1550 g/mol. The Morgan fingerprint density at radius 2 is 0.809 bits per heavy atom. The highest BCUT2D eigenvalue weighted by Crippen LogP contribution is 2.31. The maximum Gasteiger partial charge on any atom is 0.407 e. The zero-order valence-electron chi connectivity index (χ0n) is 64.4. The summed E-state index contributed by atoms with van der Waals surface area (Å²) in [4.78, 5) is 154. The number of nitrogens with zero attached hydrogens (tertiary/aromatic N) is 11. The molecule has 3 atom stereocenters. The fraction of sp³-hybridized carbons (Fsp3) is 0.589. The highest BCUT2D eigenvalue weighted by molar-refractivity contribution is 7.02. The number of aromatic nitrogens is 6. The molecule has 36 nitrogen and oxygen atoms in total. The van der Waals surface area contributed by atoms with Crippen LogP contribution in [-0.2, 0) is 78.4 Å². The topological polar surface area (TPSA) is 419 Å². The van der Waals surface area contributed by atoms with Gasteiger partial charge in [-0.2, -0.15) is 0 Å². The Morgan fingerprint density at radius 3 is 1.13 bits per heavy atom. The highest BCUT2D eigenvalue weighted by atomic mass is 31.0. The minimum Gasteiger partial charge on any atom is -0.444 e. The summed E-state index contributed by atoms with van der Waals surface area (Å²) in [6.45, 7) is 27.3. The molecule has 37 heteroatoms. The number of nitrogens with two attached hydrogens (primary N) is 1. The molecule has 3 aromatic carbocycles. The molecular formula is C73H108N19O17P. The zero-order valence-corrected chi connectivity index (χ0v) is 65.4. The summed E-state index contributed by atoms with van der Waals surface area (Å²) in [5.74, 6) is -2.13. The molecule has 0 saturated carbocycles. The van der Waals surface area contributed by atoms with Gasteiger partial charge in [-0.1, -0.05) is 0 Å². The van der Waals surface area contributed by atoms with Crippen LogP contribution in [0.5, 0.6) is 0 Å². The van der Waals surface area contributed by atoms with Crippen LogP contribution in [-0.4, -0.2) is 253 Å². The van der Waals surface area contributed by atoms with Crippen molar-refractivity contribution in [3.05, 3.63) is 86.1 Å². The number of hydrogen-bond donors (Lipinski definition) is 8. The molecule has 3 aromatic heterocycles. The Bertz CT molecular complexity index is 4390. The summed E-state index contributed by atoms with van der Waals surface area (Å²) < 4.78 is 35.4. The Morgan fingerprint density at radius 1 is 0.482 bits per heavy atom. The van der Waals surface area contributed by atoms with Gasteiger partial charge in [-0.05, 0) is 124 Å².